The Hall–Kier alpha value is -1.82. The van der Waals surface area contributed by atoms with Crippen molar-refractivity contribution in [1.29, 1.82) is 0 Å². The zero-order valence-corrected chi connectivity index (χ0v) is 14.5. The highest BCUT2D eigenvalue weighted by Crippen LogP contribution is 2.36. The Morgan fingerprint density at radius 1 is 1.16 bits per heavy atom. The summed E-state index contributed by atoms with van der Waals surface area (Å²) in [5.74, 6) is 1.24. The molecule has 2 saturated heterocycles. The summed E-state index contributed by atoms with van der Waals surface area (Å²) in [6.45, 7) is 5.36. The maximum absolute atomic E-state index is 6.05. The summed E-state index contributed by atoms with van der Waals surface area (Å²) in [6, 6.07) is 10.1. The van der Waals surface area contributed by atoms with Gasteiger partial charge < -0.3 is 9.47 Å². The van der Waals surface area contributed by atoms with E-state index in [1.54, 1.807) is 0 Å². The van der Waals surface area contributed by atoms with Crippen molar-refractivity contribution >= 4 is 0 Å². The second-order valence-corrected chi connectivity index (χ2v) is 7.01. The third kappa shape index (κ3) is 4.24. The quantitative estimate of drug-likeness (QED) is 0.726. The number of fused-ring (bicyclic) bond motifs is 1. The SMILES string of the molecule is c1ccc(COCC[C@@H]2CO[C@@H]3CN(Cc4cccnc4)C[C@H]23)nc1. The van der Waals surface area contributed by atoms with E-state index >= 15 is 0 Å². The minimum absolute atomic E-state index is 0.387. The van der Waals surface area contributed by atoms with Crippen LogP contribution >= 0.6 is 0 Å². The van der Waals surface area contributed by atoms with Crippen LogP contribution < -0.4 is 0 Å². The van der Waals surface area contributed by atoms with Crippen LogP contribution in [-0.2, 0) is 22.6 Å². The van der Waals surface area contributed by atoms with Gasteiger partial charge in [-0.3, -0.25) is 14.9 Å². The second kappa shape index (κ2) is 8.04. The summed E-state index contributed by atoms with van der Waals surface area (Å²) in [4.78, 5) is 11.0. The van der Waals surface area contributed by atoms with Crippen molar-refractivity contribution in [2.45, 2.75) is 25.7 Å². The molecule has 0 spiro atoms. The number of hydrogen-bond acceptors (Lipinski definition) is 5. The van der Waals surface area contributed by atoms with Gasteiger partial charge in [-0.1, -0.05) is 12.1 Å². The first-order valence-electron chi connectivity index (χ1n) is 9.09. The molecule has 5 heteroatoms. The van der Waals surface area contributed by atoms with Crippen LogP contribution in [0.3, 0.4) is 0 Å². The van der Waals surface area contributed by atoms with Crippen molar-refractivity contribution in [1.82, 2.24) is 14.9 Å². The zero-order chi connectivity index (χ0) is 16.9. The Kier molecular flexibility index (Phi) is 5.35. The highest BCUT2D eigenvalue weighted by Gasteiger charge is 2.43. The largest absolute Gasteiger partial charge is 0.376 e. The van der Waals surface area contributed by atoms with Crippen LogP contribution in [-0.4, -0.2) is 47.3 Å². The highest BCUT2D eigenvalue weighted by molar-refractivity contribution is 5.09. The zero-order valence-electron chi connectivity index (χ0n) is 14.5. The van der Waals surface area contributed by atoms with Gasteiger partial charge in [0.25, 0.3) is 0 Å². The summed E-state index contributed by atoms with van der Waals surface area (Å²) < 4.78 is 11.9. The molecule has 4 heterocycles. The number of hydrogen-bond donors (Lipinski definition) is 0. The first-order chi connectivity index (χ1) is 12.4. The predicted octanol–water partition coefficient (Wildman–Crippen LogP) is 2.53. The summed E-state index contributed by atoms with van der Waals surface area (Å²) in [6.07, 6.45) is 7.04. The lowest BCUT2D eigenvalue weighted by Gasteiger charge is -2.19. The fourth-order valence-corrected chi connectivity index (χ4v) is 3.95. The monoisotopic (exact) mass is 339 g/mol. The summed E-state index contributed by atoms with van der Waals surface area (Å²) in [7, 11) is 0. The first kappa shape index (κ1) is 16.6. The molecular weight excluding hydrogens is 314 g/mol. The van der Waals surface area contributed by atoms with E-state index in [0.717, 1.165) is 45.0 Å². The van der Waals surface area contributed by atoms with Gasteiger partial charge >= 0.3 is 0 Å². The Balaban J connectivity index is 1.22. The van der Waals surface area contributed by atoms with Crippen LogP contribution in [0, 0.1) is 11.8 Å². The molecule has 2 aromatic rings. The van der Waals surface area contributed by atoms with Crippen molar-refractivity contribution < 1.29 is 9.47 Å². The van der Waals surface area contributed by atoms with Crippen molar-refractivity contribution in [2.75, 3.05) is 26.3 Å². The Morgan fingerprint density at radius 2 is 2.16 bits per heavy atom. The van der Waals surface area contributed by atoms with E-state index < -0.39 is 0 Å². The normalized spacial score (nSPS) is 26.0. The molecule has 0 N–H and O–H groups in total. The van der Waals surface area contributed by atoms with Gasteiger partial charge in [0.15, 0.2) is 0 Å². The molecule has 0 aromatic carbocycles. The molecule has 4 rings (SSSR count). The average molecular weight is 339 g/mol. The van der Waals surface area contributed by atoms with E-state index in [9.17, 15) is 0 Å². The molecule has 0 unspecified atom stereocenters. The molecular formula is C20H25N3O2. The molecule has 132 valence electrons. The molecule has 0 bridgehead atoms. The topological polar surface area (TPSA) is 47.5 Å². The van der Waals surface area contributed by atoms with Crippen LogP contribution in [0.2, 0.25) is 0 Å². The molecule has 2 aliphatic rings. The number of nitrogens with zero attached hydrogens (tertiary/aromatic N) is 3. The van der Waals surface area contributed by atoms with Crippen LogP contribution in [0.4, 0.5) is 0 Å². The van der Waals surface area contributed by atoms with Gasteiger partial charge in [0.1, 0.15) is 0 Å². The van der Waals surface area contributed by atoms with Crippen molar-refractivity contribution in [2.24, 2.45) is 11.8 Å². The summed E-state index contributed by atoms with van der Waals surface area (Å²) in [5, 5.41) is 0. The van der Waals surface area contributed by atoms with Gasteiger partial charge in [0.05, 0.1) is 25.0 Å². The maximum atomic E-state index is 6.05. The molecule has 0 saturated carbocycles. The minimum Gasteiger partial charge on any atom is -0.376 e. The molecule has 2 aliphatic heterocycles. The minimum atomic E-state index is 0.387. The van der Waals surface area contributed by atoms with Gasteiger partial charge in [-0.2, -0.15) is 0 Å². The van der Waals surface area contributed by atoms with Crippen LogP contribution in [0.15, 0.2) is 48.9 Å². The molecule has 25 heavy (non-hydrogen) atoms. The van der Waals surface area contributed by atoms with E-state index in [4.69, 9.17) is 9.47 Å². The van der Waals surface area contributed by atoms with Gasteiger partial charge in [0.2, 0.25) is 0 Å². The Bertz CT molecular complexity index is 653. The van der Waals surface area contributed by atoms with Gasteiger partial charge in [-0.25, -0.2) is 0 Å². The molecule has 2 aromatic heterocycles. The van der Waals surface area contributed by atoms with Crippen LogP contribution in [0.1, 0.15) is 17.7 Å². The van der Waals surface area contributed by atoms with Crippen LogP contribution in [0.5, 0.6) is 0 Å². The fourth-order valence-electron chi connectivity index (χ4n) is 3.95. The van der Waals surface area contributed by atoms with Crippen molar-refractivity contribution in [3.8, 4) is 0 Å². The second-order valence-electron chi connectivity index (χ2n) is 7.01. The maximum Gasteiger partial charge on any atom is 0.0887 e. The van der Waals surface area contributed by atoms with Gasteiger partial charge in [-0.15, -0.1) is 0 Å². The summed E-state index contributed by atoms with van der Waals surface area (Å²) >= 11 is 0. The lowest BCUT2D eigenvalue weighted by Crippen LogP contribution is -2.24. The Morgan fingerprint density at radius 3 is 3.00 bits per heavy atom. The molecule has 3 atom stereocenters. The Labute approximate surface area is 149 Å². The highest BCUT2D eigenvalue weighted by atomic mass is 16.5. The van der Waals surface area contributed by atoms with E-state index in [2.05, 4.69) is 20.9 Å². The lowest BCUT2D eigenvalue weighted by atomic mass is 9.91. The first-order valence-corrected chi connectivity index (χ1v) is 9.09. The predicted molar refractivity (Wildman–Crippen MR) is 94.7 cm³/mol. The summed E-state index contributed by atoms with van der Waals surface area (Å²) in [5.41, 5.74) is 2.27. The number of ether oxygens (including phenoxy) is 2. The molecule has 0 radical (unpaired) electrons. The molecule has 0 aliphatic carbocycles. The van der Waals surface area contributed by atoms with Crippen molar-refractivity contribution in [3.63, 3.8) is 0 Å². The smallest absolute Gasteiger partial charge is 0.0887 e. The van der Waals surface area contributed by atoms with E-state index in [-0.39, 0.29) is 0 Å². The van der Waals surface area contributed by atoms with Crippen LogP contribution in [0.25, 0.3) is 0 Å². The van der Waals surface area contributed by atoms with E-state index in [1.807, 2.05) is 42.9 Å². The molecule has 5 nitrogen and oxygen atoms in total. The van der Waals surface area contributed by atoms with Gasteiger partial charge in [0, 0.05) is 50.7 Å². The number of likely N-dealkylation sites (tertiary alicyclic amines) is 1. The van der Waals surface area contributed by atoms with E-state index in [0.29, 0.717) is 24.5 Å². The number of aromatic nitrogens is 2. The van der Waals surface area contributed by atoms with Gasteiger partial charge in [-0.05, 0) is 36.1 Å². The molecule has 0 amide bonds. The average Bonchev–Trinajstić information content (AvgIpc) is 3.21. The lowest BCUT2D eigenvalue weighted by molar-refractivity contribution is 0.0811. The fraction of sp³-hybridized carbons (Fsp3) is 0.500. The third-order valence-corrected chi connectivity index (χ3v) is 5.25. The number of rotatable bonds is 7. The third-order valence-electron chi connectivity index (χ3n) is 5.25. The van der Waals surface area contributed by atoms with E-state index in [1.165, 1.54) is 5.56 Å². The molecule has 2 fully saturated rings. The van der Waals surface area contributed by atoms with Crippen molar-refractivity contribution in [3.05, 3.63) is 60.2 Å². The standard InChI is InChI=1S/C20H25N3O2/c1-2-8-22-18(5-1)15-24-9-6-17-14-25-20-13-23(12-19(17)20)11-16-4-3-7-21-10-16/h1-5,7-8,10,17,19-20H,6,9,11-15H2/t17-,19-,20-/m1/s1. The number of pyridine rings is 2.